The van der Waals surface area contributed by atoms with Crippen LogP contribution in [0.4, 0.5) is 0 Å². The summed E-state index contributed by atoms with van der Waals surface area (Å²) in [6.07, 6.45) is 1.72. The van der Waals surface area contributed by atoms with Crippen molar-refractivity contribution in [2.24, 2.45) is 0 Å². The molecule has 2 nitrogen and oxygen atoms in total. The van der Waals surface area contributed by atoms with Gasteiger partial charge in [0, 0.05) is 26.3 Å². The van der Waals surface area contributed by atoms with Gasteiger partial charge < -0.3 is 4.98 Å². The molecule has 1 aromatic heterocycles. The van der Waals surface area contributed by atoms with Crippen molar-refractivity contribution in [3.05, 3.63) is 68.4 Å². The van der Waals surface area contributed by atoms with Gasteiger partial charge in [-0.2, -0.15) is 0 Å². The van der Waals surface area contributed by atoms with Crippen molar-refractivity contribution in [3.8, 4) is 0 Å². The van der Waals surface area contributed by atoms with Crippen LogP contribution < -0.4 is 0 Å². The lowest BCUT2D eigenvalue weighted by Gasteiger charge is -2.00. The summed E-state index contributed by atoms with van der Waals surface area (Å²) in [6, 6.07) is 13.1. The molecule has 1 N–H and O–H groups in total. The van der Waals surface area contributed by atoms with Crippen molar-refractivity contribution in [1.82, 2.24) is 4.98 Å². The highest BCUT2D eigenvalue weighted by Crippen LogP contribution is 2.26. The zero-order chi connectivity index (χ0) is 13.4. The fourth-order valence-electron chi connectivity index (χ4n) is 2.06. The molecule has 94 valence electrons. The Morgan fingerprint density at radius 3 is 2.58 bits per heavy atom. The topological polar surface area (TPSA) is 32.9 Å². The van der Waals surface area contributed by atoms with E-state index in [2.05, 4.69) is 27.6 Å². The molecule has 1 heterocycles. The Labute approximate surface area is 128 Å². The third-order valence-corrected chi connectivity index (χ3v) is 4.05. The summed E-state index contributed by atoms with van der Waals surface area (Å²) in [5.41, 5.74) is 2.14. The van der Waals surface area contributed by atoms with Crippen LogP contribution >= 0.6 is 34.2 Å². The Morgan fingerprint density at radius 1 is 1.11 bits per heavy atom. The second-order valence-corrected chi connectivity index (χ2v) is 5.85. The smallest absolute Gasteiger partial charge is 0.195 e. The van der Waals surface area contributed by atoms with Gasteiger partial charge in [-0.3, -0.25) is 4.79 Å². The molecule has 0 unspecified atom stereocenters. The molecule has 0 aliphatic carbocycles. The van der Waals surface area contributed by atoms with Gasteiger partial charge in [-0.1, -0.05) is 23.7 Å². The Kier molecular flexibility index (Phi) is 3.33. The number of hydrogen-bond acceptors (Lipinski definition) is 1. The molecule has 0 spiro atoms. The number of para-hydroxylation sites is 1. The lowest BCUT2D eigenvalue weighted by atomic mass is 10.0. The van der Waals surface area contributed by atoms with Crippen molar-refractivity contribution < 1.29 is 4.79 Å². The number of carbonyl (C=O) groups is 1. The molecule has 0 aliphatic rings. The molecular weight excluding hydrogens is 373 g/mol. The van der Waals surface area contributed by atoms with Gasteiger partial charge in [0.1, 0.15) is 0 Å². The van der Waals surface area contributed by atoms with Gasteiger partial charge in [-0.25, -0.2) is 0 Å². The van der Waals surface area contributed by atoms with Gasteiger partial charge in [-0.05, 0) is 52.9 Å². The maximum atomic E-state index is 12.5. The second kappa shape index (κ2) is 4.98. The minimum absolute atomic E-state index is 0.00455. The minimum Gasteiger partial charge on any atom is -0.359 e. The molecule has 3 rings (SSSR count). The standard InChI is InChI=1S/C15H9ClINO/c16-13-3-1-2-11-12(8-18-14(11)13)15(19)9-4-6-10(17)7-5-9/h1-8,18H. The predicted molar refractivity (Wildman–Crippen MR) is 85.9 cm³/mol. The Hall–Kier alpha value is -1.33. The summed E-state index contributed by atoms with van der Waals surface area (Å²) in [7, 11) is 0. The molecule has 19 heavy (non-hydrogen) atoms. The van der Waals surface area contributed by atoms with Crippen LogP contribution in [0.15, 0.2) is 48.7 Å². The van der Waals surface area contributed by atoms with Crippen LogP contribution in [0.1, 0.15) is 15.9 Å². The first-order chi connectivity index (χ1) is 9.16. The van der Waals surface area contributed by atoms with E-state index in [0.29, 0.717) is 16.1 Å². The van der Waals surface area contributed by atoms with Crippen LogP contribution in [0, 0.1) is 3.57 Å². The van der Waals surface area contributed by atoms with Crippen LogP contribution in [0.5, 0.6) is 0 Å². The maximum Gasteiger partial charge on any atom is 0.195 e. The highest BCUT2D eigenvalue weighted by molar-refractivity contribution is 14.1. The van der Waals surface area contributed by atoms with Crippen LogP contribution in [-0.4, -0.2) is 10.8 Å². The molecule has 0 saturated carbocycles. The first-order valence-electron chi connectivity index (χ1n) is 5.72. The normalized spacial score (nSPS) is 10.8. The lowest BCUT2D eigenvalue weighted by molar-refractivity contribution is 0.104. The first kappa shape index (κ1) is 12.7. The molecule has 0 amide bonds. The van der Waals surface area contributed by atoms with Crippen LogP contribution in [0.3, 0.4) is 0 Å². The summed E-state index contributed by atoms with van der Waals surface area (Å²) >= 11 is 8.32. The second-order valence-electron chi connectivity index (χ2n) is 4.20. The fraction of sp³-hybridized carbons (Fsp3) is 0. The van der Waals surface area contributed by atoms with Gasteiger partial charge in [0.15, 0.2) is 5.78 Å². The highest BCUT2D eigenvalue weighted by Gasteiger charge is 2.14. The third kappa shape index (κ3) is 2.28. The molecule has 4 heteroatoms. The van der Waals surface area contributed by atoms with E-state index in [-0.39, 0.29) is 5.78 Å². The van der Waals surface area contributed by atoms with Crippen LogP contribution in [-0.2, 0) is 0 Å². The lowest BCUT2D eigenvalue weighted by Crippen LogP contribution is -2.00. The average molecular weight is 382 g/mol. The average Bonchev–Trinajstić information content (AvgIpc) is 2.84. The fourth-order valence-corrected chi connectivity index (χ4v) is 2.65. The van der Waals surface area contributed by atoms with E-state index in [1.54, 1.807) is 12.3 Å². The number of aromatic amines is 1. The van der Waals surface area contributed by atoms with Crippen LogP contribution in [0.2, 0.25) is 5.02 Å². The predicted octanol–water partition coefficient (Wildman–Crippen LogP) is 4.66. The molecule has 0 radical (unpaired) electrons. The summed E-state index contributed by atoms with van der Waals surface area (Å²) in [5.74, 6) is 0.00455. The van der Waals surface area contributed by atoms with Crippen molar-refractivity contribution >= 4 is 50.9 Å². The number of nitrogens with one attached hydrogen (secondary N) is 1. The Balaban J connectivity index is 2.12. The molecule has 0 atom stereocenters. The van der Waals surface area contributed by atoms with Gasteiger partial charge >= 0.3 is 0 Å². The summed E-state index contributed by atoms with van der Waals surface area (Å²) in [5, 5.41) is 1.48. The van der Waals surface area contributed by atoms with E-state index in [1.165, 1.54) is 0 Å². The third-order valence-electron chi connectivity index (χ3n) is 3.02. The minimum atomic E-state index is 0.00455. The summed E-state index contributed by atoms with van der Waals surface area (Å²) in [4.78, 5) is 15.5. The highest BCUT2D eigenvalue weighted by atomic mass is 127. The van der Waals surface area contributed by atoms with E-state index in [4.69, 9.17) is 11.6 Å². The molecule has 0 fully saturated rings. The van der Waals surface area contributed by atoms with Crippen molar-refractivity contribution in [3.63, 3.8) is 0 Å². The van der Waals surface area contributed by atoms with Gasteiger partial charge in [0.05, 0.1) is 10.5 Å². The monoisotopic (exact) mass is 381 g/mol. The van der Waals surface area contributed by atoms with Crippen molar-refractivity contribution in [2.45, 2.75) is 0 Å². The number of benzene rings is 2. The van der Waals surface area contributed by atoms with E-state index in [1.807, 2.05) is 36.4 Å². The molecule has 3 aromatic rings. The zero-order valence-corrected chi connectivity index (χ0v) is 12.7. The van der Waals surface area contributed by atoms with E-state index < -0.39 is 0 Å². The van der Waals surface area contributed by atoms with Crippen molar-refractivity contribution in [2.75, 3.05) is 0 Å². The SMILES string of the molecule is O=C(c1ccc(I)cc1)c1c[nH]c2c(Cl)cccc12. The van der Waals surface area contributed by atoms with Crippen LogP contribution in [0.25, 0.3) is 10.9 Å². The molecule has 2 aromatic carbocycles. The molecule has 0 aliphatic heterocycles. The van der Waals surface area contributed by atoms with Gasteiger partial charge in [0.2, 0.25) is 0 Å². The number of carbonyl (C=O) groups excluding carboxylic acids is 1. The quantitative estimate of drug-likeness (QED) is 0.508. The number of ketones is 1. The number of aromatic nitrogens is 1. The molecule has 0 saturated heterocycles. The maximum absolute atomic E-state index is 12.5. The number of rotatable bonds is 2. The number of fused-ring (bicyclic) bond motifs is 1. The zero-order valence-electron chi connectivity index (χ0n) is 9.78. The largest absolute Gasteiger partial charge is 0.359 e. The summed E-state index contributed by atoms with van der Waals surface area (Å²) < 4.78 is 1.11. The van der Waals surface area contributed by atoms with E-state index >= 15 is 0 Å². The van der Waals surface area contributed by atoms with Gasteiger partial charge in [0.25, 0.3) is 0 Å². The number of hydrogen-bond donors (Lipinski definition) is 1. The van der Waals surface area contributed by atoms with Crippen molar-refractivity contribution in [1.29, 1.82) is 0 Å². The number of halogens is 2. The molecular formula is C15H9ClINO. The van der Waals surface area contributed by atoms with Gasteiger partial charge in [-0.15, -0.1) is 0 Å². The first-order valence-corrected chi connectivity index (χ1v) is 7.18. The van der Waals surface area contributed by atoms with E-state index in [9.17, 15) is 4.79 Å². The molecule has 0 bridgehead atoms. The summed E-state index contributed by atoms with van der Waals surface area (Å²) in [6.45, 7) is 0. The Morgan fingerprint density at radius 2 is 1.84 bits per heavy atom. The Bertz CT molecular complexity index is 761. The number of H-pyrrole nitrogens is 1. The van der Waals surface area contributed by atoms with E-state index in [0.717, 1.165) is 14.5 Å².